The van der Waals surface area contributed by atoms with E-state index < -0.39 is 0 Å². The van der Waals surface area contributed by atoms with Crippen molar-refractivity contribution in [1.82, 2.24) is 4.98 Å². The fourth-order valence-electron chi connectivity index (χ4n) is 1.39. The van der Waals surface area contributed by atoms with Crippen molar-refractivity contribution in [3.05, 3.63) is 48.4 Å². The Hall–Kier alpha value is -2.23. The molecule has 0 spiro atoms. The zero-order valence-corrected chi connectivity index (χ0v) is 8.35. The Kier molecular flexibility index (Phi) is 2.91. The maximum absolute atomic E-state index is 13.4. The summed E-state index contributed by atoms with van der Waals surface area (Å²) in [5, 5.41) is 2.42. The lowest BCUT2D eigenvalue weighted by Crippen LogP contribution is -1.96. The average molecular weight is 216 g/mol. The van der Waals surface area contributed by atoms with E-state index in [0.717, 1.165) is 0 Å². The molecular weight excluding hydrogens is 207 g/mol. The largest absolute Gasteiger partial charge is 0.313 e. The molecule has 1 amide bonds. The van der Waals surface area contributed by atoms with E-state index >= 15 is 0 Å². The van der Waals surface area contributed by atoms with Crippen LogP contribution in [0.1, 0.15) is 0 Å². The summed E-state index contributed by atoms with van der Waals surface area (Å²) in [6.45, 7) is 0. The highest BCUT2D eigenvalue weighted by Crippen LogP contribution is 2.22. The molecule has 1 N–H and O–H groups in total. The van der Waals surface area contributed by atoms with Crippen molar-refractivity contribution in [3.63, 3.8) is 0 Å². The number of aromatic nitrogens is 1. The maximum Gasteiger partial charge on any atom is 0.212 e. The number of halogens is 1. The first-order valence-electron chi connectivity index (χ1n) is 4.72. The van der Waals surface area contributed by atoms with Gasteiger partial charge in [-0.15, -0.1) is 0 Å². The number of nitrogens with one attached hydrogen (secondary N) is 1. The Morgan fingerprint density at radius 1 is 1.19 bits per heavy atom. The molecule has 16 heavy (non-hydrogen) atoms. The molecule has 0 radical (unpaired) electrons. The molecule has 0 unspecified atom stereocenters. The third-order valence-electron chi connectivity index (χ3n) is 2.16. The van der Waals surface area contributed by atoms with E-state index in [1.807, 2.05) is 0 Å². The number of hydrogen-bond acceptors (Lipinski definition) is 2. The molecule has 1 heterocycles. The molecule has 0 aliphatic rings. The minimum Gasteiger partial charge on any atom is -0.313 e. The van der Waals surface area contributed by atoms with Crippen molar-refractivity contribution in [3.8, 4) is 11.1 Å². The lowest BCUT2D eigenvalue weighted by Gasteiger charge is -2.03. The molecule has 0 fully saturated rings. The second kappa shape index (κ2) is 4.53. The molecule has 0 bridgehead atoms. The van der Waals surface area contributed by atoms with Crippen LogP contribution >= 0.6 is 0 Å². The molecule has 0 saturated heterocycles. The number of anilines is 1. The smallest absolute Gasteiger partial charge is 0.212 e. The second-order valence-electron chi connectivity index (χ2n) is 3.17. The lowest BCUT2D eigenvalue weighted by molar-refractivity contribution is -0.105. The average Bonchev–Trinajstić information content (AvgIpc) is 2.31. The zero-order chi connectivity index (χ0) is 11.4. The van der Waals surface area contributed by atoms with Crippen LogP contribution in [0, 0.1) is 5.82 Å². The van der Waals surface area contributed by atoms with Crippen molar-refractivity contribution in [2.75, 3.05) is 5.32 Å². The van der Waals surface area contributed by atoms with Crippen LogP contribution in [0.2, 0.25) is 0 Å². The van der Waals surface area contributed by atoms with E-state index in [1.54, 1.807) is 30.3 Å². The van der Waals surface area contributed by atoms with E-state index in [9.17, 15) is 9.18 Å². The Bertz CT molecular complexity index is 497. The lowest BCUT2D eigenvalue weighted by atomic mass is 10.1. The summed E-state index contributed by atoms with van der Waals surface area (Å²) < 4.78 is 13.4. The maximum atomic E-state index is 13.4. The van der Waals surface area contributed by atoms with E-state index in [1.165, 1.54) is 12.3 Å². The van der Waals surface area contributed by atoms with Crippen molar-refractivity contribution in [2.24, 2.45) is 0 Å². The topological polar surface area (TPSA) is 42.0 Å². The van der Waals surface area contributed by atoms with Crippen molar-refractivity contribution in [1.29, 1.82) is 0 Å². The highest BCUT2D eigenvalue weighted by Gasteiger charge is 2.03. The van der Waals surface area contributed by atoms with Gasteiger partial charge in [-0.25, -0.2) is 9.37 Å². The number of pyridine rings is 1. The number of rotatable bonds is 3. The molecular formula is C12H9FN2O. The summed E-state index contributed by atoms with van der Waals surface area (Å²) in [6.07, 6.45) is 2.06. The third-order valence-corrected chi connectivity index (χ3v) is 2.16. The molecule has 2 aromatic rings. The van der Waals surface area contributed by atoms with Crippen LogP contribution in [-0.4, -0.2) is 11.4 Å². The predicted molar refractivity (Wildman–Crippen MR) is 59.3 cm³/mol. The highest BCUT2D eigenvalue weighted by atomic mass is 19.1. The Morgan fingerprint density at radius 2 is 2.00 bits per heavy atom. The molecule has 3 nitrogen and oxygen atoms in total. The molecule has 4 heteroatoms. The Morgan fingerprint density at radius 3 is 2.62 bits per heavy atom. The number of nitrogens with zero attached hydrogens (tertiary/aromatic N) is 1. The SMILES string of the molecule is O=CNc1ccc(-c2ccccc2F)cn1. The minimum atomic E-state index is -0.291. The van der Waals surface area contributed by atoms with Crippen LogP contribution < -0.4 is 5.32 Å². The highest BCUT2D eigenvalue weighted by molar-refractivity contribution is 5.70. The summed E-state index contributed by atoms with van der Waals surface area (Å²) in [5.41, 5.74) is 1.17. The third kappa shape index (κ3) is 2.06. The van der Waals surface area contributed by atoms with Gasteiger partial charge in [-0.3, -0.25) is 4.79 Å². The van der Waals surface area contributed by atoms with Crippen molar-refractivity contribution >= 4 is 12.2 Å². The standard InChI is InChI=1S/C12H9FN2O/c13-11-4-2-1-3-10(11)9-5-6-12(14-7-9)15-8-16/h1-8H,(H,14,15,16). The number of carbonyl (C=O) groups excluding carboxylic acids is 1. The van der Waals surface area contributed by atoms with Crippen LogP contribution in [0.4, 0.5) is 10.2 Å². The van der Waals surface area contributed by atoms with Gasteiger partial charge in [-0.1, -0.05) is 18.2 Å². The Balaban J connectivity index is 2.35. The van der Waals surface area contributed by atoms with E-state index in [2.05, 4.69) is 10.3 Å². The normalized spacial score (nSPS) is 9.81. The first kappa shape index (κ1) is 10.3. The summed E-state index contributed by atoms with van der Waals surface area (Å²) in [4.78, 5) is 14.1. The molecule has 2 rings (SSSR count). The van der Waals surface area contributed by atoms with Gasteiger partial charge in [0, 0.05) is 17.3 Å². The van der Waals surface area contributed by atoms with Gasteiger partial charge in [0.15, 0.2) is 0 Å². The summed E-state index contributed by atoms with van der Waals surface area (Å²) in [6, 6.07) is 9.80. The molecule has 0 atom stereocenters. The van der Waals surface area contributed by atoms with Gasteiger partial charge >= 0.3 is 0 Å². The van der Waals surface area contributed by atoms with Crippen LogP contribution in [-0.2, 0) is 4.79 Å². The minimum absolute atomic E-state index is 0.291. The van der Waals surface area contributed by atoms with Gasteiger partial charge in [0.05, 0.1) is 0 Å². The van der Waals surface area contributed by atoms with E-state index in [0.29, 0.717) is 23.4 Å². The first-order valence-corrected chi connectivity index (χ1v) is 4.72. The molecule has 0 saturated carbocycles. The molecule has 80 valence electrons. The van der Waals surface area contributed by atoms with Crippen LogP contribution in [0.5, 0.6) is 0 Å². The number of hydrogen-bond donors (Lipinski definition) is 1. The van der Waals surface area contributed by atoms with Crippen LogP contribution in [0.3, 0.4) is 0 Å². The van der Waals surface area contributed by atoms with Crippen molar-refractivity contribution in [2.45, 2.75) is 0 Å². The quantitative estimate of drug-likeness (QED) is 0.801. The Labute approximate surface area is 92.0 Å². The van der Waals surface area contributed by atoms with Gasteiger partial charge in [0.1, 0.15) is 11.6 Å². The van der Waals surface area contributed by atoms with Gasteiger partial charge in [0.2, 0.25) is 6.41 Å². The number of carbonyl (C=O) groups is 1. The zero-order valence-electron chi connectivity index (χ0n) is 8.35. The molecule has 0 aliphatic carbocycles. The summed E-state index contributed by atoms with van der Waals surface area (Å²) >= 11 is 0. The predicted octanol–water partition coefficient (Wildman–Crippen LogP) is 2.46. The summed E-state index contributed by atoms with van der Waals surface area (Å²) in [5.74, 6) is 0.149. The van der Waals surface area contributed by atoms with Crippen molar-refractivity contribution < 1.29 is 9.18 Å². The van der Waals surface area contributed by atoms with Crippen LogP contribution in [0.25, 0.3) is 11.1 Å². The second-order valence-corrected chi connectivity index (χ2v) is 3.17. The van der Waals surface area contributed by atoms with E-state index in [-0.39, 0.29) is 5.82 Å². The van der Waals surface area contributed by atoms with Gasteiger partial charge in [-0.05, 0) is 18.2 Å². The van der Waals surface area contributed by atoms with Gasteiger partial charge in [-0.2, -0.15) is 0 Å². The first-order chi connectivity index (χ1) is 7.81. The number of benzene rings is 1. The molecule has 1 aromatic heterocycles. The van der Waals surface area contributed by atoms with Gasteiger partial charge in [0.25, 0.3) is 0 Å². The van der Waals surface area contributed by atoms with Gasteiger partial charge < -0.3 is 5.32 Å². The van der Waals surface area contributed by atoms with E-state index in [4.69, 9.17) is 0 Å². The fourth-order valence-corrected chi connectivity index (χ4v) is 1.39. The molecule has 0 aliphatic heterocycles. The monoisotopic (exact) mass is 216 g/mol. The fraction of sp³-hybridized carbons (Fsp3) is 0. The number of amides is 1. The van der Waals surface area contributed by atoms with Crippen LogP contribution in [0.15, 0.2) is 42.6 Å². The molecule has 1 aromatic carbocycles. The summed E-state index contributed by atoms with van der Waals surface area (Å²) in [7, 11) is 0.